The van der Waals surface area contributed by atoms with Gasteiger partial charge < -0.3 is 57.2 Å². The van der Waals surface area contributed by atoms with Gasteiger partial charge in [0.25, 0.3) is 0 Å². The number of hydrogen-bond acceptors (Lipinski definition) is 13. The van der Waals surface area contributed by atoms with Crippen LogP contribution in [0.25, 0.3) is 21.9 Å². The summed E-state index contributed by atoms with van der Waals surface area (Å²) in [6.45, 7) is 3.24. The summed E-state index contributed by atoms with van der Waals surface area (Å²) in [4.78, 5) is 13.8. The number of esters is 1. The molecule has 0 saturated carbocycles. The maximum Gasteiger partial charge on any atom is 0.339 e. The van der Waals surface area contributed by atoms with Gasteiger partial charge in [-0.05, 0) is 49.1 Å². The second kappa shape index (κ2) is 12.7. The van der Waals surface area contributed by atoms with Gasteiger partial charge in [-0.25, -0.2) is 4.79 Å². The minimum absolute atomic E-state index is 0.0475. The van der Waals surface area contributed by atoms with E-state index in [0.717, 1.165) is 0 Å². The van der Waals surface area contributed by atoms with Gasteiger partial charge in [-0.3, -0.25) is 0 Å². The molecular weight excluding hydrogens is 604 g/mol. The third-order valence-corrected chi connectivity index (χ3v) is 8.32. The van der Waals surface area contributed by atoms with Crippen LogP contribution >= 0.6 is 0 Å². The fourth-order valence-electron chi connectivity index (χ4n) is 6.38. The summed E-state index contributed by atoms with van der Waals surface area (Å²) in [6, 6.07) is 8.94. The third-order valence-electron chi connectivity index (χ3n) is 8.32. The summed E-state index contributed by atoms with van der Waals surface area (Å²) >= 11 is 0. The van der Waals surface area contributed by atoms with Crippen molar-refractivity contribution in [3.05, 3.63) is 41.5 Å². The van der Waals surface area contributed by atoms with Crippen molar-refractivity contribution in [2.24, 2.45) is 0 Å². The molecule has 0 amide bonds. The van der Waals surface area contributed by atoms with E-state index in [1.807, 2.05) is 6.07 Å². The Morgan fingerprint density at radius 1 is 0.935 bits per heavy atom. The lowest BCUT2D eigenvalue weighted by atomic mass is 9.88. The molecule has 0 bridgehead atoms. The van der Waals surface area contributed by atoms with Gasteiger partial charge >= 0.3 is 5.97 Å². The highest BCUT2D eigenvalue weighted by Gasteiger charge is 2.56. The minimum Gasteiger partial charge on any atom is -0.493 e. The van der Waals surface area contributed by atoms with Gasteiger partial charge in [0.15, 0.2) is 28.8 Å². The molecular formula is C33H38O13. The summed E-state index contributed by atoms with van der Waals surface area (Å²) < 4.78 is 64.7. The number of aliphatic hydroxyl groups is 1. The third kappa shape index (κ3) is 5.46. The van der Waals surface area contributed by atoms with Gasteiger partial charge in [-0.2, -0.15) is 0 Å². The van der Waals surface area contributed by atoms with E-state index in [2.05, 4.69) is 0 Å². The Labute approximate surface area is 266 Å². The minimum atomic E-state index is -1.10. The highest BCUT2D eigenvalue weighted by Crippen LogP contribution is 2.49. The van der Waals surface area contributed by atoms with E-state index in [1.165, 1.54) is 35.5 Å². The van der Waals surface area contributed by atoms with Crippen LogP contribution in [0.1, 0.15) is 29.8 Å². The van der Waals surface area contributed by atoms with E-state index in [0.29, 0.717) is 50.5 Å². The summed E-state index contributed by atoms with van der Waals surface area (Å²) in [5.41, 5.74) is 1.75. The second-order valence-electron chi connectivity index (χ2n) is 11.4. The highest BCUT2D eigenvalue weighted by atomic mass is 16.8. The quantitative estimate of drug-likeness (QED) is 0.321. The van der Waals surface area contributed by atoms with Gasteiger partial charge in [0.2, 0.25) is 13.1 Å². The molecule has 5 atom stereocenters. The zero-order chi connectivity index (χ0) is 32.7. The zero-order valence-electron chi connectivity index (χ0n) is 26.7. The van der Waals surface area contributed by atoms with Crippen LogP contribution in [0.2, 0.25) is 0 Å². The SMILES string of the molecule is COCc1c(C(=O)OC)c(-c2ccc3c(c2)OCO3)c2cc(OC)c(OC)cc2c1OC1OC(CO)C2OC(C)(C)OC2C1OC. The lowest BCUT2D eigenvalue weighted by molar-refractivity contribution is -0.260. The average molecular weight is 643 g/mol. The predicted octanol–water partition coefficient (Wildman–Crippen LogP) is 3.82. The molecule has 0 aliphatic carbocycles. The van der Waals surface area contributed by atoms with Crippen molar-refractivity contribution in [3.8, 4) is 39.9 Å². The van der Waals surface area contributed by atoms with E-state index in [1.54, 1.807) is 38.1 Å². The fourth-order valence-corrected chi connectivity index (χ4v) is 6.38. The Balaban J connectivity index is 1.62. The number of aliphatic hydroxyl groups excluding tert-OH is 1. The van der Waals surface area contributed by atoms with E-state index >= 15 is 0 Å². The van der Waals surface area contributed by atoms with Crippen LogP contribution < -0.4 is 23.7 Å². The highest BCUT2D eigenvalue weighted by molar-refractivity contribution is 6.13. The monoisotopic (exact) mass is 642 g/mol. The summed E-state index contributed by atoms with van der Waals surface area (Å²) in [6.07, 6.45) is -3.91. The molecule has 3 aromatic carbocycles. The normalized spacial score (nSPS) is 24.5. The number of benzene rings is 3. The van der Waals surface area contributed by atoms with Crippen molar-refractivity contribution in [1.29, 1.82) is 0 Å². The second-order valence-corrected chi connectivity index (χ2v) is 11.4. The smallest absolute Gasteiger partial charge is 0.339 e. The molecule has 13 heteroatoms. The molecule has 3 aliphatic rings. The largest absolute Gasteiger partial charge is 0.493 e. The van der Waals surface area contributed by atoms with Crippen LogP contribution in [0.4, 0.5) is 0 Å². The van der Waals surface area contributed by atoms with Crippen molar-refractivity contribution in [2.45, 2.75) is 56.9 Å². The molecule has 13 nitrogen and oxygen atoms in total. The number of carbonyl (C=O) groups is 1. The van der Waals surface area contributed by atoms with Crippen LogP contribution in [0.15, 0.2) is 30.3 Å². The molecule has 0 spiro atoms. The first-order valence-electron chi connectivity index (χ1n) is 14.7. The van der Waals surface area contributed by atoms with Crippen LogP contribution in [0.5, 0.6) is 28.7 Å². The molecule has 46 heavy (non-hydrogen) atoms. The first-order valence-corrected chi connectivity index (χ1v) is 14.7. The molecule has 2 saturated heterocycles. The Kier molecular flexibility index (Phi) is 8.89. The number of rotatable bonds is 10. The van der Waals surface area contributed by atoms with Crippen molar-refractivity contribution in [2.75, 3.05) is 48.9 Å². The predicted molar refractivity (Wildman–Crippen MR) is 162 cm³/mol. The number of methoxy groups -OCH3 is 5. The molecule has 248 valence electrons. The Bertz CT molecular complexity index is 1620. The lowest BCUT2D eigenvalue weighted by Gasteiger charge is -2.41. The van der Waals surface area contributed by atoms with Gasteiger partial charge in [0.05, 0.1) is 40.1 Å². The molecule has 5 unspecified atom stereocenters. The zero-order valence-corrected chi connectivity index (χ0v) is 26.7. The van der Waals surface area contributed by atoms with Crippen LogP contribution in [0.3, 0.4) is 0 Å². The number of carbonyl (C=O) groups excluding carboxylic acids is 1. The van der Waals surface area contributed by atoms with Crippen LogP contribution in [0, 0.1) is 0 Å². The maximum atomic E-state index is 13.8. The Hall–Kier alpha value is -3.85. The number of fused-ring (bicyclic) bond motifs is 3. The molecule has 3 aliphatic heterocycles. The van der Waals surface area contributed by atoms with Crippen molar-refractivity contribution in [3.63, 3.8) is 0 Å². The van der Waals surface area contributed by atoms with E-state index < -0.39 is 42.5 Å². The van der Waals surface area contributed by atoms with Crippen LogP contribution in [-0.4, -0.2) is 96.5 Å². The Morgan fingerprint density at radius 2 is 1.63 bits per heavy atom. The molecule has 2 fully saturated rings. The number of hydrogen-bond donors (Lipinski definition) is 1. The first-order chi connectivity index (χ1) is 22.2. The molecule has 1 N–H and O–H groups in total. The first kappa shape index (κ1) is 32.1. The molecule has 6 rings (SSSR count). The average Bonchev–Trinajstić information content (AvgIpc) is 3.66. The van der Waals surface area contributed by atoms with Crippen molar-refractivity contribution < 1.29 is 62.0 Å². The molecule has 0 aromatic heterocycles. The van der Waals surface area contributed by atoms with Gasteiger partial charge in [0.1, 0.15) is 30.2 Å². The molecule has 0 radical (unpaired) electrons. The molecule has 3 heterocycles. The van der Waals surface area contributed by atoms with E-state index in [4.69, 9.17) is 52.1 Å². The summed E-state index contributed by atoms with van der Waals surface area (Å²) in [5.74, 6) is 0.632. The van der Waals surface area contributed by atoms with E-state index in [-0.39, 0.29) is 31.3 Å². The topological polar surface area (TPSA) is 139 Å². The Morgan fingerprint density at radius 3 is 2.28 bits per heavy atom. The van der Waals surface area contributed by atoms with Gasteiger partial charge in [-0.15, -0.1) is 0 Å². The van der Waals surface area contributed by atoms with Crippen molar-refractivity contribution in [1.82, 2.24) is 0 Å². The van der Waals surface area contributed by atoms with E-state index in [9.17, 15) is 9.90 Å². The van der Waals surface area contributed by atoms with Gasteiger partial charge in [-0.1, -0.05) is 6.07 Å². The van der Waals surface area contributed by atoms with Gasteiger partial charge in [0, 0.05) is 30.7 Å². The van der Waals surface area contributed by atoms with Crippen molar-refractivity contribution >= 4 is 16.7 Å². The summed E-state index contributed by atoms with van der Waals surface area (Å²) in [5, 5.41) is 11.4. The lowest BCUT2D eigenvalue weighted by Crippen LogP contribution is -2.59. The fraction of sp³-hybridized carbons (Fsp3) is 0.485. The standard InChI is InChI=1S/C33H38O13/c1-33(2)45-28-24(13-34)43-32(30(39-6)29(28)46-33)44-27-18-12-22(38-5)21(37-4)11-17(18)25(26(31(35)40-7)19(27)14-36-3)16-8-9-20-23(10-16)42-15-41-20/h8-12,24,28-30,32,34H,13-15H2,1-7H3. The summed E-state index contributed by atoms with van der Waals surface area (Å²) in [7, 11) is 7.38. The van der Waals surface area contributed by atoms with Crippen LogP contribution in [-0.2, 0) is 35.0 Å². The maximum absolute atomic E-state index is 13.8. The number of ether oxygens (including phenoxy) is 11. The molecule has 3 aromatic rings.